The average Bonchev–Trinajstić information content (AvgIpc) is 2.83. The monoisotopic (exact) mass is 225 g/mol. The van der Waals surface area contributed by atoms with Crippen LogP contribution in [-0.4, -0.2) is 39.9 Å². The van der Waals surface area contributed by atoms with Crippen molar-refractivity contribution >= 4 is 0 Å². The Balaban J connectivity index is 1.92. The summed E-state index contributed by atoms with van der Waals surface area (Å²) in [4.78, 5) is 0. The summed E-state index contributed by atoms with van der Waals surface area (Å²) in [7, 11) is 1.78. The molecule has 3 atom stereocenters. The van der Waals surface area contributed by atoms with Gasteiger partial charge < -0.3 is 10.1 Å². The van der Waals surface area contributed by atoms with Crippen molar-refractivity contribution in [3.8, 4) is 0 Å². The van der Waals surface area contributed by atoms with Crippen molar-refractivity contribution < 1.29 is 4.74 Å². The predicted molar refractivity (Wildman–Crippen MR) is 58.8 cm³/mol. The summed E-state index contributed by atoms with van der Waals surface area (Å²) in [5, 5.41) is 17.5. The van der Waals surface area contributed by atoms with Gasteiger partial charge in [0.05, 0.1) is 12.1 Å². The minimum Gasteiger partial charge on any atom is -0.380 e. The molecule has 0 aliphatic heterocycles. The van der Waals surface area contributed by atoms with Crippen molar-refractivity contribution in [2.45, 2.75) is 50.8 Å². The SMILES string of the molecule is COC1CCCCC1NC(C)c1nn[nH]n1. The predicted octanol–water partition coefficient (Wildman–Crippen LogP) is 0.808. The van der Waals surface area contributed by atoms with E-state index in [1.165, 1.54) is 12.8 Å². The highest BCUT2D eigenvalue weighted by atomic mass is 16.5. The molecule has 0 bridgehead atoms. The molecule has 90 valence electrons. The fourth-order valence-electron chi connectivity index (χ4n) is 2.32. The van der Waals surface area contributed by atoms with Gasteiger partial charge in [0.1, 0.15) is 0 Å². The van der Waals surface area contributed by atoms with E-state index in [1.54, 1.807) is 7.11 Å². The molecule has 16 heavy (non-hydrogen) atoms. The van der Waals surface area contributed by atoms with Gasteiger partial charge in [-0.3, -0.25) is 0 Å². The molecule has 1 aromatic rings. The zero-order chi connectivity index (χ0) is 11.4. The number of hydrogen-bond donors (Lipinski definition) is 2. The molecule has 0 amide bonds. The molecule has 1 aromatic heterocycles. The summed E-state index contributed by atoms with van der Waals surface area (Å²) in [5.74, 6) is 0.709. The van der Waals surface area contributed by atoms with Crippen LogP contribution in [0.15, 0.2) is 0 Å². The molecule has 1 heterocycles. The van der Waals surface area contributed by atoms with E-state index in [2.05, 4.69) is 25.9 Å². The third kappa shape index (κ3) is 2.56. The molecule has 1 aliphatic rings. The molecular weight excluding hydrogens is 206 g/mol. The zero-order valence-electron chi connectivity index (χ0n) is 9.81. The van der Waals surface area contributed by atoms with Gasteiger partial charge in [0, 0.05) is 13.2 Å². The van der Waals surface area contributed by atoms with E-state index in [1.807, 2.05) is 6.92 Å². The highest BCUT2D eigenvalue weighted by molar-refractivity contribution is 4.91. The molecule has 6 nitrogen and oxygen atoms in total. The third-order valence-electron chi connectivity index (χ3n) is 3.22. The lowest BCUT2D eigenvalue weighted by Crippen LogP contribution is -2.44. The minimum atomic E-state index is 0.111. The van der Waals surface area contributed by atoms with Crippen molar-refractivity contribution in [1.29, 1.82) is 0 Å². The van der Waals surface area contributed by atoms with E-state index < -0.39 is 0 Å². The van der Waals surface area contributed by atoms with Crippen LogP contribution in [0.1, 0.15) is 44.5 Å². The molecular formula is C10H19N5O. The molecule has 1 fully saturated rings. The van der Waals surface area contributed by atoms with Gasteiger partial charge >= 0.3 is 0 Å². The number of nitrogens with zero attached hydrogens (tertiary/aromatic N) is 3. The number of nitrogens with one attached hydrogen (secondary N) is 2. The lowest BCUT2D eigenvalue weighted by atomic mass is 9.92. The molecule has 1 saturated carbocycles. The number of hydrogen-bond acceptors (Lipinski definition) is 5. The van der Waals surface area contributed by atoms with Crippen LogP contribution in [0.5, 0.6) is 0 Å². The Morgan fingerprint density at radius 3 is 2.94 bits per heavy atom. The van der Waals surface area contributed by atoms with Crippen molar-refractivity contribution in [3.05, 3.63) is 5.82 Å². The Morgan fingerprint density at radius 1 is 1.44 bits per heavy atom. The van der Waals surface area contributed by atoms with Crippen LogP contribution in [0.2, 0.25) is 0 Å². The second-order valence-electron chi connectivity index (χ2n) is 4.32. The second-order valence-corrected chi connectivity index (χ2v) is 4.32. The Hall–Kier alpha value is -1.01. The second kappa shape index (κ2) is 5.36. The maximum atomic E-state index is 5.50. The molecule has 0 aromatic carbocycles. The Kier molecular flexibility index (Phi) is 3.84. The first-order valence-electron chi connectivity index (χ1n) is 5.83. The summed E-state index contributed by atoms with van der Waals surface area (Å²) in [5.41, 5.74) is 0. The Bertz CT molecular complexity index is 302. The van der Waals surface area contributed by atoms with E-state index in [0.717, 1.165) is 12.8 Å². The van der Waals surface area contributed by atoms with Gasteiger partial charge in [-0.15, -0.1) is 10.2 Å². The largest absolute Gasteiger partial charge is 0.380 e. The number of tetrazole rings is 1. The Morgan fingerprint density at radius 2 is 2.25 bits per heavy atom. The number of aromatic nitrogens is 4. The number of rotatable bonds is 4. The molecule has 1 aliphatic carbocycles. The number of methoxy groups -OCH3 is 1. The maximum absolute atomic E-state index is 5.50. The number of ether oxygens (including phenoxy) is 1. The van der Waals surface area contributed by atoms with Gasteiger partial charge in [0.25, 0.3) is 0 Å². The Labute approximate surface area is 95.1 Å². The smallest absolute Gasteiger partial charge is 0.191 e. The van der Waals surface area contributed by atoms with Crippen LogP contribution in [-0.2, 0) is 4.74 Å². The van der Waals surface area contributed by atoms with E-state index in [4.69, 9.17) is 4.74 Å². The quantitative estimate of drug-likeness (QED) is 0.793. The maximum Gasteiger partial charge on any atom is 0.191 e. The van der Waals surface area contributed by atoms with Crippen LogP contribution >= 0.6 is 0 Å². The molecule has 0 spiro atoms. The fourth-order valence-corrected chi connectivity index (χ4v) is 2.32. The van der Waals surface area contributed by atoms with Gasteiger partial charge in [0.15, 0.2) is 5.82 Å². The molecule has 6 heteroatoms. The lowest BCUT2D eigenvalue weighted by Gasteiger charge is -2.32. The van der Waals surface area contributed by atoms with Crippen LogP contribution in [0.3, 0.4) is 0 Å². The molecule has 3 unspecified atom stereocenters. The van der Waals surface area contributed by atoms with Gasteiger partial charge in [-0.1, -0.05) is 18.1 Å². The van der Waals surface area contributed by atoms with Gasteiger partial charge in [0.2, 0.25) is 0 Å². The summed E-state index contributed by atoms with van der Waals surface area (Å²) in [6, 6.07) is 0.506. The lowest BCUT2D eigenvalue weighted by molar-refractivity contribution is 0.0380. The summed E-state index contributed by atoms with van der Waals surface area (Å²) in [6.07, 6.45) is 5.11. The van der Waals surface area contributed by atoms with Gasteiger partial charge in [-0.25, -0.2) is 0 Å². The fraction of sp³-hybridized carbons (Fsp3) is 0.900. The first kappa shape index (κ1) is 11.5. The molecule has 0 saturated heterocycles. The van der Waals surface area contributed by atoms with Crippen LogP contribution in [0.25, 0.3) is 0 Å². The van der Waals surface area contributed by atoms with Crippen molar-refractivity contribution in [3.63, 3.8) is 0 Å². The average molecular weight is 225 g/mol. The van der Waals surface area contributed by atoms with Crippen molar-refractivity contribution in [2.24, 2.45) is 0 Å². The van der Waals surface area contributed by atoms with Crippen LogP contribution in [0, 0.1) is 0 Å². The van der Waals surface area contributed by atoms with Crippen molar-refractivity contribution in [1.82, 2.24) is 25.9 Å². The summed E-state index contributed by atoms with van der Waals surface area (Å²) < 4.78 is 5.50. The first-order chi connectivity index (χ1) is 7.81. The standard InChI is InChI=1S/C10H19N5O/c1-7(10-12-14-15-13-10)11-8-5-3-4-6-9(8)16-2/h7-9,11H,3-6H2,1-2H3,(H,12,13,14,15). The van der Waals surface area contributed by atoms with Gasteiger partial charge in [-0.05, 0) is 19.8 Å². The normalized spacial score (nSPS) is 27.9. The van der Waals surface area contributed by atoms with Crippen LogP contribution in [0.4, 0.5) is 0 Å². The number of H-pyrrole nitrogens is 1. The van der Waals surface area contributed by atoms with Crippen molar-refractivity contribution in [2.75, 3.05) is 7.11 Å². The topological polar surface area (TPSA) is 75.7 Å². The molecule has 2 N–H and O–H groups in total. The van der Waals surface area contributed by atoms with E-state index >= 15 is 0 Å². The third-order valence-corrected chi connectivity index (χ3v) is 3.22. The molecule has 0 radical (unpaired) electrons. The van der Waals surface area contributed by atoms with Crippen LogP contribution < -0.4 is 5.32 Å². The number of aromatic amines is 1. The highest BCUT2D eigenvalue weighted by Gasteiger charge is 2.26. The zero-order valence-corrected chi connectivity index (χ0v) is 9.81. The van der Waals surface area contributed by atoms with E-state index in [-0.39, 0.29) is 6.04 Å². The molecule has 2 rings (SSSR count). The summed E-state index contributed by atoms with van der Waals surface area (Å²) >= 11 is 0. The summed E-state index contributed by atoms with van der Waals surface area (Å²) in [6.45, 7) is 2.05. The first-order valence-corrected chi connectivity index (χ1v) is 5.83. The van der Waals surface area contributed by atoms with E-state index in [0.29, 0.717) is 18.0 Å². The van der Waals surface area contributed by atoms with E-state index in [9.17, 15) is 0 Å². The van der Waals surface area contributed by atoms with Gasteiger partial charge in [-0.2, -0.15) is 5.21 Å². The minimum absolute atomic E-state index is 0.111. The highest BCUT2D eigenvalue weighted by Crippen LogP contribution is 2.22.